The van der Waals surface area contributed by atoms with E-state index in [-0.39, 0.29) is 29.1 Å². The zero-order valence-corrected chi connectivity index (χ0v) is 20.7. The normalized spacial score (nSPS) is 13.9. The topological polar surface area (TPSA) is 88.1 Å². The Morgan fingerprint density at radius 2 is 1.29 bits per heavy atom. The zero-order valence-electron chi connectivity index (χ0n) is 20.7. The van der Waals surface area contributed by atoms with Gasteiger partial charge in [0.2, 0.25) is 23.1 Å². The lowest BCUT2D eigenvalue weighted by molar-refractivity contribution is -0.141. The van der Waals surface area contributed by atoms with Crippen molar-refractivity contribution in [1.29, 1.82) is 0 Å². The molecule has 0 radical (unpaired) electrons. The van der Waals surface area contributed by atoms with Crippen molar-refractivity contribution in [2.75, 3.05) is 27.4 Å². The number of methoxy groups -OCH3 is 2. The van der Waals surface area contributed by atoms with Crippen LogP contribution in [0, 0.1) is 0 Å². The Bertz CT molecular complexity index is 909. The highest BCUT2D eigenvalue weighted by Gasteiger charge is 2.34. The second-order valence-electron chi connectivity index (χ2n) is 8.31. The molecule has 0 aliphatic heterocycles. The summed E-state index contributed by atoms with van der Waals surface area (Å²) < 4.78 is 21.0. The highest BCUT2D eigenvalue weighted by molar-refractivity contribution is 6.23. The molecule has 2 rings (SSSR count). The Hall–Kier alpha value is -3.09. The highest BCUT2D eigenvalue weighted by atomic mass is 16.5. The fourth-order valence-corrected chi connectivity index (χ4v) is 3.81. The maximum Gasteiger partial charge on any atom is 0.302 e. The van der Waals surface area contributed by atoms with E-state index in [0.717, 1.165) is 43.4 Å². The van der Waals surface area contributed by atoms with E-state index in [1.165, 1.54) is 34.0 Å². The van der Waals surface area contributed by atoms with Gasteiger partial charge in [-0.25, -0.2) is 0 Å². The maximum atomic E-state index is 12.8. The molecule has 186 valence electrons. The third kappa shape index (κ3) is 8.04. The predicted octanol–water partition coefficient (Wildman–Crippen LogP) is 4.87. The summed E-state index contributed by atoms with van der Waals surface area (Å²) in [5.41, 5.74) is 1.71. The minimum atomic E-state index is -0.323. The van der Waals surface area contributed by atoms with Crippen LogP contribution in [0.3, 0.4) is 0 Å². The van der Waals surface area contributed by atoms with Gasteiger partial charge in [-0.2, -0.15) is 0 Å². The first-order valence-electron chi connectivity index (χ1n) is 11.9. The van der Waals surface area contributed by atoms with E-state index >= 15 is 0 Å². The van der Waals surface area contributed by atoms with Crippen LogP contribution >= 0.6 is 0 Å². The molecule has 1 aromatic carbocycles. The molecule has 0 spiro atoms. The first-order valence-corrected chi connectivity index (χ1v) is 11.9. The van der Waals surface area contributed by atoms with Gasteiger partial charge in [0.05, 0.1) is 27.4 Å². The molecule has 0 bridgehead atoms. The van der Waals surface area contributed by atoms with E-state index in [1.54, 1.807) is 6.92 Å². The van der Waals surface area contributed by atoms with Crippen LogP contribution in [0.5, 0.6) is 5.75 Å². The number of ether oxygens (including phenoxy) is 4. The lowest BCUT2D eigenvalue weighted by Gasteiger charge is -2.20. The quantitative estimate of drug-likeness (QED) is 0.204. The van der Waals surface area contributed by atoms with Gasteiger partial charge >= 0.3 is 5.97 Å². The molecule has 1 aliphatic rings. The maximum absolute atomic E-state index is 12.8. The molecular formula is C27H36O7. The fraction of sp³-hybridized carbons (Fsp3) is 0.519. The molecule has 1 aliphatic carbocycles. The number of hydrogen-bond donors (Lipinski definition) is 0. The summed E-state index contributed by atoms with van der Waals surface area (Å²) in [6.45, 7) is 4.26. The van der Waals surface area contributed by atoms with Gasteiger partial charge in [-0.3, -0.25) is 14.4 Å². The molecule has 0 heterocycles. The third-order valence-corrected chi connectivity index (χ3v) is 5.76. The second-order valence-corrected chi connectivity index (χ2v) is 8.31. The summed E-state index contributed by atoms with van der Waals surface area (Å²) >= 11 is 0. The van der Waals surface area contributed by atoms with Crippen molar-refractivity contribution in [3.8, 4) is 5.75 Å². The van der Waals surface area contributed by atoms with Gasteiger partial charge in [-0.05, 0) is 37.5 Å². The van der Waals surface area contributed by atoms with Crippen LogP contribution in [-0.2, 0) is 35.0 Å². The molecule has 0 amide bonds. The number of esters is 1. The molecule has 0 fully saturated rings. The lowest BCUT2D eigenvalue weighted by Crippen LogP contribution is -2.25. The smallest absolute Gasteiger partial charge is 0.302 e. The van der Waals surface area contributed by atoms with Crippen molar-refractivity contribution in [3.05, 3.63) is 52.5 Å². The van der Waals surface area contributed by atoms with Gasteiger partial charge in [0.25, 0.3) is 0 Å². The summed E-state index contributed by atoms with van der Waals surface area (Å²) in [5, 5.41) is 0. The van der Waals surface area contributed by atoms with E-state index in [0.29, 0.717) is 30.8 Å². The number of carbonyl (C=O) groups is 3. The van der Waals surface area contributed by atoms with Gasteiger partial charge in [-0.1, -0.05) is 44.2 Å². The van der Waals surface area contributed by atoms with Crippen LogP contribution < -0.4 is 4.74 Å². The third-order valence-electron chi connectivity index (χ3n) is 5.76. The predicted molar refractivity (Wildman–Crippen MR) is 128 cm³/mol. The van der Waals surface area contributed by atoms with Crippen molar-refractivity contribution in [3.63, 3.8) is 0 Å². The highest BCUT2D eigenvalue weighted by Crippen LogP contribution is 2.28. The average molecular weight is 473 g/mol. The van der Waals surface area contributed by atoms with Crippen LogP contribution in [0.1, 0.15) is 64.4 Å². The number of carbonyl (C=O) groups excluding carboxylic acids is 3. The molecule has 0 N–H and O–H groups in total. The van der Waals surface area contributed by atoms with Crippen molar-refractivity contribution < 1.29 is 33.3 Å². The summed E-state index contributed by atoms with van der Waals surface area (Å²) in [5.74, 6) is -0.161. The molecule has 0 unspecified atom stereocenters. The molecule has 34 heavy (non-hydrogen) atoms. The molecule has 0 saturated carbocycles. The zero-order chi connectivity index (χ0) is 24.9. The van der Waals surface area contributed by atoms with E-state index < -0.39 is 0 Å². The second kappa shape index (κ2) is 14.2. The van der Waals surface area contributed by atoms with E-state index in [1.807, 2.05) is 24.3 Å². The molecule has 7 nitrogen and oxygen atoms in total. The van der Waals surface area contributed by atoms with E-state index in [4.69, 9.17) is 18.9 Å². The van der Waals surface area contributed by atoms with E-state index in [2.05, 4.69) is 0 Å². The number of hydrogen-bond acceptors (Lipinski definition) is 7. The number of rotatable bonds is 15. The van der Waals surface area contributed by atoms with Crippen molar-refractivity contribution >= 4 is 17.5 Å². The first-order chi connectivity index (χ1) is 16.4. The monoisotopic (exact) mass is 472 g/mol. The SMILES string of the molecule is COC1=C(OC)C(=O)C(Cc2ccc(OCCCCCCCCCOC(C)=O)cc2)=C(C)C1=O. The Kier molecular flexibility index (Phi) is 11.4. The Labute approximate surface area is 202 Å². The Balaban J connectivity index is 1.71. The van der Waals surface area contributed by atoms with Crippen molar-refractivity contribution in [2.45, 2.75) is 65.2 Å². The molecule has 0 saturated heterocycles. The number of unbranched alkanes of at least 4 members (excludes halogenated alkanes) is 6. The molecule has 0 atom stereocenters. The molecule has 7 heteroatoms. The Morgan fingerprint density at radius 1 is 0.765 bits per heavy atom. The van der Waals surface area contributed by atoms with Gasteiger partial charge in [0.15, 0.2) is 0 Å². The number of allylic oxidation sites excluding steroid dienone is 2. The fourth-order valence-electron chi connectivity index (χ4n) is 3.81. The van der Waals surface area contributed by atoms with Crippen LogP contribution in [0.4, 0.5) is 0 Å². The molecule has 0 aromatic heterocycles. The molecule has 1 aromatic rings. The van der Waals surface area contributed by atoms with Crippen LogP contribution in [-0.4, -0.2) is 45.0 Å². The summed E-state index contributed by atoms with van der Waals surface area (Å²) in [7, 11) is 2.71. The number of Topliss-reactive ketones (excluding diaryl/α,β-unsaturated/α-hetero) is 2. The average Bonchev–Trinajstić information content (AvgIpc) is 2.83. The minimum absolute atomic E-state index is 0.0447. The molecular weight excluding hydrogens is 436 g/mol. The minimum Gasteiger partial charge on any atom is -0.494 e. The first kappa shape index (κ1) is 27.2. The summed E-state index contributed by atoms with van der Waals surface area (Å²) in [6.07, 6.45) is 7.96. The van der Waals surface area contributed by atoms with Crippen LogP contribution in [0.25, 0.3) is 0 Å². The van der Waals surface area contributed by atoms with Crippen molar-refractivity contribution in [2.24, 2.45) is 0 Å². The number of ketones is 2. The lowest BCUT2D eigenvalue weighted by atomic mass is 9.89. The van der Waals surface area contributed by atoms with Crippen LogP contribution in [0.2, 0.25) is 0 Å². The largest absolute Gasteiger partial charge is 0.494 e. The van der Waals surface area contributed by atoms with Crippen LogP contribution in [0.15, 0.2) is 46.9 Å². The van der Waals surface area contributed by atoms with Gasteiger partial charge < -0.3 is 18.9 Å². The van der Waals surface area contributed by atoms with Crippen molar-refractivity contribution in [1.82, 2.24) is 0 Å². The standard InChI is InChI=1S/C27H36O7/c1-19-23(25(30)27(32-4)26(31-3)24(19)29)18-21-12-14-22(15-13-21)34-17-11-9-7-5-6-8-10-16-33-20(2)28/h12-15H,5-11,16-18H2,1-4H3. The summed E-state index contributed by atoms with van der Waals surface area (Å²) in [6, 6.07) is 7.59. The Morgan fingerprint density at radius 3 is 1.85 bits per heavy atom. The van der Waals surface area contributed by atoms with E-state index in [9.17, 15) is 14.4 Å². The van der Waals surface area contributed by atoms with Gasteiger partial charge in [0, 0.05) is 24.5 Å². The van der Waals surface area contributed by atoms with Gasteiger partial charge in [0.1, 0.15) is 5.75 Å². The van der Waals surface area contributed by atoms with Gasteiger partial charge in [-0.15, -0.1) is 0 Å². The summed E-state index contributed by atoms with van der Waals surface area (Å²) in [4.78, 5) is 36.0. The number of benzene rings is 1.